The minimum Gasteiger partial charge on any atom is -0.326 e. The van der Waals surface area contributed by atoms with E-state index in [2.05, 4.69) is 10.6 Å². The summed E-state index contributed by atoms with van der Waals surface area (Å²) in [7, 11) is 0. The van der Waals surface area contributed by atoms with Crippen LogP contribution in [-0.2, 0) is 16.0 Å². The monoisotopic (exact) mass is 310 g/mol. The van der Waals surface area contributed by atoms with E-state index in [-0.39, 0.29) is 17.7 Å². The van der Waals surface area contributed by atoms with Crippen molar-refractivity contribution in [2.24, 2.45) is 5.92 Å². The molecule has 0 heterocycles. The van der Waals surface area contributed by atoms with Crippen LogP contribution in [0.25, 0.3) is 0 Å². The molecular weight excluding hydrogens is 288 g/mol. The van der Waals surface area contributed by atoms with E-state index in [4.69, 9.17) is 0 Å². The van der Waals surface area contributed by atoms with Gasteiger partial charge in [-0.3, -0.25) is 9.59 Å². The van der Waals surface area contributed by atoms with Crippen LogP contribution >= 0.6 is 0 Å². The van der Waals surface area contributed by atoms with E-state index in [1.54, 1.807) is 24.3 Å². The average Bonchev–Trinajstić information content (AvgIpc) is 2.51. The molecule has 2 rings (SSSR count). The molecule has 4 nitrogen and oxygen atoms in total. The van der Waals surface area contributed by atoms with Gasteiger partial charge in [-0.1, -0.05) is 38.1 Å². The lowest BCUT2D eigenvalue weighted by atomic mass is 10.1. The highest BCUT2D eigenvalue weighted by molar-refractivity contribution is 5.94. The summed E-state index contributed by atoms with van der Waals surface area (Å²) >= 11 is 0. The van der Waals surface area contributed by atoms with Crippen LogP contribution in [0, 0.1) is 12.8 Å². The molecule has 2 N–H and O–H groups in total. The normalized spacial score (nSPS) is 10.4. The van der Waals surface area contributed by atoms with Crippen molar-refractivity contribution in [1.29, 1.82) is 0 Å². The minimum absolute atomic E-state index is 0.0265. The standard InChI is InChI=1S/C19H22N2O2/c1-13(2)19(23)21-17-10-8-16(9-11-17)20-18(22)12-15-7-5-4-6-14(15)3/h4-11,13H,12H2,1-3H3,(H,20,22)(H,21,23). The molecule has 0 spiro atoms. The van der Waals surface area contributed by atoms with Crippen molar-refractivity contribution in [3.05, 3.63) is 59.7 Å². The molecule has 4 heteroatoms. The third-order valence-electron chi connectivity index (χ3n) is 3.57. The van der Waals surface area contributed by atoms with Crippen LogP contribution in [0.2, 0.25) is 0 Å². The van der Waals surface area contributed by atoms with Gasteiger partial charge in [0.2, 0.25) is 11.8 Å². The molecule has 0 radical (unpaired) electrons. The van der Waals surface area contributed by atoms with Gasteiger partial charge in [-0.15, -0.1) is 0 Å². The number of hydrogen-bond donors (Lipinski definition) is 2. The summed E-state index contributed by atoms with van der Waals surface area (Å²) in [6.07, 6.45) is 0.346. The fourth-order valence-corrected chi connectivity index (χ4v) is 2.11. The van der Waals surface area contributed by atoms with Gasteiger partial charge in [0.25, 0.3) is 0 Å². The Morgan fingerprint density at radius 2 is 1.48 bits per heavy atom. The van der Waals surface area contributed by atoms with E-state index in [0.29, 0.717) is 12.1 Å². The Morgan fingerprint density at radius 3 is 2.04 bits per heavy atom. The summed E-state index contributed by atoms with van der Waals surface area (Å²) in [6, 6.07) is 15.0. The maximum absolute atomic E-state index is 12.1. The van der Waals surface area contributed by atoms with Crippen LogP contribution in [0.5, 0.6) is 0 Å². The number of aryl methyl sites for hydroxylation is 1. The lowest BCUT2D eigenvalue weighted by Gasteiger charge is -2.10. The van der Waals surface area contributed by atoms with Gasteiger partial charge >= 0.3 is 0 Å². The first-order valence-electron chi connectivity index (χ1n) is 7.71. The fourth-order valence-electron chi connectivity index (χ4n) is 2.11. The van der Waals surface area contributed by atoms with Crippen molar-refractivity contribution in [2.45, 2.75) is 27.2 Å². The first kappa shape index (κ1) is 16.7. The number of carbonyl (C=O) groups excluding carboxylic acids is 2. The summed E-state index contributed by atoms with van der Waals surface area (Å²) in [5.41, 5.74) is 3.56. The highest BCUT2D eigenvalue weighted by Gasteiger charge is 2.08. The number of amides is 2. The van der Waals surface area contributed by atoms with Crippen LogP contribution < -0.4 is 10.6 Å². The van der Waals surface area contributed by atoms with Crippen molar-refractivity contribution in [3.63, 3.8) is 0 Å². The van der Waals surface area contributed by atoms with E-state index in [9.17, 15) is 9.59 Å². The molecule has 2 aromatic rings. The Bertz CT molecular complexity index is 691. The van der Waals surface area contributed by atoms with Gasteiger partial charge in [0.1, 0.15) is 0 Å². The summed E-state index contributed by atoms with van der Waals surface area (Å²) in [6.45, 7) is 5.68. The van der Waals surface area contributed by atoms with Gasteiger partial charge in [-0.2, -0.15) is 0 Å². The molecule has 0 unspecified atom stereocenters. The van der Waals surface area contributed by atoms with Crippen molar-refractivity contribution in [3.8, 4) is 0 Å². The Balaban J connectivity index is 1.94. The smallest absolute Gasteiger partial charge is 0.228 e. The van der Waals surface area contributed by atoms with Crippen molar-refractivity contribution >= 4 is 23.2 Å². The summed E-state index contributed by atoms with van der Waals surface area (Å²) in [5, 5.41) is 5.69. The third kappa shape index (κ3) is 4.95. The lowest BCUT2D eigenvalue weighted by Crippen LogP contribution is -2.18. The van der Waals surface area contributed by atoms with Crippen molar-refractivity contribution in [2.75, 3.05) is 10.6 Å². The molecule has 0 aromatic heterocycles. The molecule has 0 aliphatic rings. The molecule has 0 saturated heterocycles. The first-order valence-corrected chi connectivity index (χ1v) is 7.71. The molecular formula is C19H22N2O2. The van der Waals surface area contributed by atoms with Crippen LogP contribution in [0.4, 0.5) is 11.4 Å². The first-order chi connectivity index (χ1) is 11.0. The Kier molecular flexibility index (Phi) is 5.52. The number of rotatable bonds is 5. The van der Waals surface area contributed by atoms with Crippen molar-refractivity contribution in [1.82, 2.24) is 0 Å². The highest BCUT2D eigenvalue weighted by Crippen LogP contribution is 2.15. The van der Waals surface area contributed by atoms with Gasteiger partial charge in [0.05, 0.1) is 6.42 Å². The molecule has 120 valence electrons. The molecule has 23 heavy (non-hydrogen) atoms. The van der Waals surface area contributed by atoms with E-state index in [0.717, 1.165) is 16.8 Å². The van der Waals surface area contributed by atoms with Gasteiger partial charge < -0.3 is 10.6 Å². The molecule has 0 fully saturated rings. The number of nitrogens with one attached hydrogen (secondary N) is 2. The molecule has 0 bridgehead atoms. The van der Waals surface area contributed by atoms with E-state index >= 15 is 0 Å². The molecule has 2 amide bonds. The SMILES string of the molecule is Cc1ccccc1CC(=O)Nc1ccc(NC(=O)C(C)C)cc1. The second-order valence-corrected chi connectivity index (χ2v) is 5.87. The molecule has 0 aliphatic carbocycles. The van der Waals surface area contributed by atoms with Crippen LogP contribution in [-0.4, -0.2) is 11.8 Å². The quantitative estimate of drug-likeness (QED) is 0.883. The van der Waals surface area contributed by atoms with Crippen molar-refractivity contribution < 1.29 is 9.59 Å². The molecule has 0 aliphatic heterocycles. The van der Waals surface area contributed by atoms with Gasteiger partial charge in [-0.25, -0.2) is 0 Å². The molecule has 0 atom stereocenters. The maximum Gasteiger partial charge on any atom is 0.228 e. The van der Waals surface area contributed by atoms with Gasteiger partial charge in [0, 0.05) is 17.3 Å². The second kappa shape index (κ2) is 7.58. The van der Waals surface area contributed by atoms with Crippen LogP contribution in [0.3, 0.4) is 0 Å². The predicted molar refractivity (Wildman–Crippen MR) is 93.4 cm³/mol. The zero-order chi connectivity index (χ0) is 16.8. The lowest BCUT2D eigenvalue weighted by molar-refractivity contribution is -0.119. The number of carbonyl (C=O) groups is 2. The van der Waals surface area contributed by atoms with E-state index < -0.39 is 0 Å². The van der Waals surface area contributed by atoms with Crippen LogP contribution in [0.15, 0.2) is 48.5 Å². The zero-order valence-corrected chi connectivity index (χ0v) is 13.7. The minimum atomic E-state index is -0.0662. The summed E-state index contributed by atoms with van der Waals surface area (Å²) in [5.74, 6) is -0.150. The zero-order valence-electron chi connectivity index (χ0n) is 13.7. The Morgan fingerprint density at radius 1 is 0.913 bits per heavy atom. The van der Waals surface area contributed by atoms with Gasteiger partial charge in [0.15, 0.2) is 0 Å². The summed E-state index contributed by atoms with van der Waals surface area (Å²) < 4.78 is 0. The maximum atomic E-state index is 12.1. The second-order valence-electron chi connectivity index (χ2n) is 5.87. The topological polar surface area (TPSA) is 58.2 Å². The van der Waals surface area contributed by atoms with E-state index in [1.807, 2.05) is 45.0 Å². The van der Waals surface area contributed by atoms with Crippen LogP contribution in [0.1, 0.15) is 25.0 Å². The average molecular weight is 310 g/mol. The summed E-state index contributed by atoms with van der Waals surface area (Å²) in [4.78, 5) is 23.7. The third-order valence-corrected chi connectivity index (χ3v) is 3.57. The predicted octanol–water partition coefficient (Wildman–Crippen LogP) is 3.77. The Labute approximate surface area is 136 Å². The number of hydrogen-bond acceptors (Lipinski definition) is 2. The molecule has 2 aromatic carbocycles. The molecule has 0 saturated carbocycles. The van der Waals surface area contributed by atoms with E-state index in [1.165, 1.54) is 0 Å². The fraction of sp³-hybridized carbons (Fsp3) is 0.263. The highest BCUT2D eigenvalue weighted by atomic mass is 16.2. The number of benzene rings is 2. The Hall–Kier alpha value is -2.62. The van der Waals surface area contributed by atoms with Gasteiger partial charge in [-0.05, 0) is 42.3 Å². The largest absolute Gasteiger partial charge is 0.326 e. The number of anilines is 2.